The van der Waals surface area contributed by atoms with E-state index in [1.165, 1.54) is 9.80 Å². The van der Waals surface area contributed by atoms with Crippen LogP contribution in [0.1, 0.15) is 40.0 Å². The SMILES string of the molecule is C=CCN(C(=O)C1N([C@@H](CO)C(C)C)C(=O)[C@@H]2[C@H](C(=O)O)[C@]3(CC)CCC12O3)c1ccc(OC)cc1. The summed E-state index contributed by atoms with van der Waals surface area (Å²) in [4.78, 5) is 43.9. The lowest BCUT2D eigenvalue weighted by Gasteiger charge is -2.40. The van der Waals surface area contributed by atoms with Crippen molar-refractivity contribution < 1.29 is 34.1 Å². The van der Waals surface area contributed by atoms with Gasteiger partial charge in [-0.2, -0.15) is 0 Å². The molecule has 0 radical (unpaired) electrons. The lowest BCUT2D eigenvalue weighted by atomic mass is 9.65. The molecule has 9 heteroatoms. The van der Waals surface area contributed by atoms with Gasteiger partial charge in [-0.3, -0.25) is 14.4 Å². The second kappa shape index (κ2) is 9.52. The van der Waals surface area contributed by atoms with Crippen molar-refractivity contribution in [3.63, 3.8) is 0 Å². The third kappa shape index (κ3) is 3.63. The van der Waals surface area contributed by atoms with Crippen molar-refractivity contribution in [3.8, 4) is 5.75 Å². The average Bonchev–Trinajstić information content (AvgIpc) is 3.46. The molecule has 2 bridgehead atoms. The minimum Gasteiger partial charge on any atom is -0.497 e. The maximum atomic E-state index is 14.4. The molecule has 3 fully saturated rings. The molecule has 1 spiro atoms. The minimum atomic E-state index is -1.28. The molecule has 1 aromatic rings. The number of hydrogen-bond acceptors (Lipinski definition) is 6. The monoisotopic (exact) mass is 500 g/mol. The van der Waals surface area contributed by atoms with Crippen molar-refractivity contribution >= 4 is 23.5 Å². The number of aliphatic hydroxyl groups excluding tert-OH is 1. The molecule has 6 atom stereocenters. The van der Waals surface area contributed by atoms with Crippen molar-refractivity contribution in [1.29, 1.82) is 0 Å². The highest BCUT2D eigenvalue weighted by atomic mass is 16.5. The van der Waals surface area contributed by atoms with Gasteiger partial charge >= 0.3 is 5.97 Å². The number of likely N-dealkylation sites (tertiary alicyclic amines) is 1. The van der Waals surface area contributed by atoms with Gasteiger partial charge in [-0.1, -0.05) is 26.8 Å². The second-order valence-corrected chi connectivity index (χ2v) is 10.3. The zero-order valence-electron chi connectivity index (χ0n) is 21.3. The van der Waals surface area contributed by atoms with Crippen LogP contribution in [0.5, 0.6) is 5.75 Å². The van der Waals surface area contributed by atoms with Crippen LogP contribution in [0.3, 0.4) is 0 Å². The molecule has 0 saturated carbocycles. The van der Waals surface area contributed by atoms with Gasteiger partial charge in [-0.25, -0.2) is 0 Å². The fourth-order valence-electron chi connectivity index (χ4n) is 6.65. The molecule has 1 aromatic carbocycles. The lowest BCUT2D eigenvalue weighted by molar-refractivity contribution is -0.158. The van der Waals surface area contributed by atoms with Gasteiger partial charge < -0.3 is 29.5 Å². The number of carbonyl (C=O) groups excluding carboxylic acids is 2. The zero-order valence-corrected chi connectivity index (χ0v) is 21.3. The van der Waals surface area contributed by atoms with E-state index in [-0.39, 0.29) is 25.0 Å². The number of benzene rings is 1. The molecular formula is C27H36N2O7. The zero-order chi connectivity index (χ0) is 26.4. The third-order valence-corrected chi connectivity index (χ3v) is 8.39. The number of carbonyl (C=O) groups is 3. The predicted molar refractivity (Wildman–Crippen MR) is 133 cm³/mol. The van der Waals surface area contributed by atoms with Crippen molar-refractivity contribution in [1.82, 2.24) is 4.90 Å². The van der Waals surface area contributed by atoms with Gasteiger partial charge in [0.15, 0.2) is 0 Å². The fraction of sp³-hybridized carbons (Fsp3) is 0.593. The van der Waals surface area contributed by atoms with Gasteiger partial charge in [-0.05, 0) is 49.4 Å². The predicted octanol–water partition coefficient (Wildman–Crippen LogP) is 2.47. The van der Waals surface area contributed by atoms with E-state index < -0.39 is 47.0 Å². The number of anilines is 1. The van der Waals surface area contributed by atoms with E-state index in [4.69, 9.17) is 9.47 Å². The quantitative estimate of drug-likeness (QED) is 0.474. The molecule has 0 aromatic heterocycles. The van der Waals surface area contributed by atoms with Crippen LogP contribution in [-0.4, -0.2) is 76.4 Å². The number of carboxylic acids is 1. The minimum absolute atomic E-state index is 0.168. The Morgan fingerprint density at radius 2 is 1.97 bits per heavy atom. The summed E-state index contributed by atoms with van der Waals surface area (Å²) < 4.78 is 11.8. The summed E-state index contributed by atoms with van der Waals surface area (Å²) in [6, 6.07) is 5.25. The molecule has 3 heterocycles. The topological polar surface area (TPSA) is 117 Å². The van der Waals surface area contributed by atoms with Crippen molar-refractivity contribution in [2.24, 2.45) is 17.8 Å². The van der Waals surface area contributed by atoms with E-state index in [1.807, 2.05) is 20.8 Å². The summed E-state index contributed by atoms with van der Waals surface area (Å²) in [6.07, 6.45) is 2.88. The van der Waals surface area contributed by atoms with Crippen molar-refractivity contribution in [3.05, 3.63) is 36.9 Å². The van der Waals surface area contributed by atoms with Crippen LogP contribution in [0.4, 0.5) is 5.69 Å². The first-order valence-electron chi connectivity index (χ1n) is 12.5. The van der Waals surface area contributed by atoms with E-state index in [2.05, 4.69) is 6.58 Å². The number of ether oxygens (including phenoxy) is 2. The van der Waals surface area contributed by atoms with Gasteiger partial charge in [0.25, 0.3) is 5.91 Å². The summed E-state index contributed by atoms with van der Waals surface area (Å²) in [5.74, 6) is -3.49. The van der Waals surface area contributed by atoms with Crippen LogP contribution < -0.4 is 9.64 Å². The van der Waals surface area contributed by atoms with Crippen LogP contribution in [0, 0.1) is 17.8 Å². The Kier molecular flexibility index (Phi) is 6.92. The smallest absolute Gasteiger partial charge is 0.310 e. The molecule has 2 N–H and O–H groups in total. The summed E-state index contributed by atoms with van der Waals surface area (Å²) in [6.45, 7) is 9.23. The summed E-state index contributed by atoms with van der Waals surface area (Å²) >= 11 is 0. The Hall–Kier alpha value is -2.91. The van der Waals surface area contributed by atoms with Gasteiger partial charge in [-0.15, -0.1) is 6.58 Å². The number of amides is 2. The molecule has 9 nitrogen and oxygen atoms in total. The molecule has 3 saturated heterocycles. The Labute approximate surface area is 211 Å². The van der Waals surface area contributed by atoms with Gasteiger partial charge in [0.05, 0.1) is 31.3 Å². The van der Waals surface area contributed by atoms with Crippen LogP contribution in [0.2, 0.25) is 0 Å². The highest BCUT2D eigenvalue weighted by Crippen LogP contribution is 2.64. The Morgan fingerprint density at radius 3 is 2.47 bits per heavy atom. The Bertz CT molecular complexity index is 1040. The van der Waals surface area contributed by atoms with Crippen LogP contribution in [-0.2, 0) is 19.1 Å². The first-order chi connectivity index (χ1) is 17.1. The number of methoxy groups -OCH3 is 1. The molecule has 3 aliphatic heterocycles. The number of hydrogen-bond donors (Lipinski definition) is 2. The normalized spacial score (nSPS) is 31.4. The molecule has 2 unspecified atom stereocenters. The number of rotatable bonds is 10. The van der Waals surface area contributed by atoms with Crippen molar-refractivity contribution in [2.45, 2.75) is 63.3 Å². The average molecular weight is 501 g/mol. The highest BCUT2D eigenvalue weighted by molar-refractivity contribution is 6.05. The first kappa shape index (κ1) is 26.2. The Balaban J connectivity index is 1.86. The summed E-state index contributed by atoms with van der Waals surface area (Å²) in [7, 11) is 1.56. The number of nitrogens with zero attached hydrogens (tertiary/aromatic N) is 2. The van der Waals surface area contributed by atoms with Crippen LogP contribution in [0.15, 0.2) is 36.9 Å². The number of carboxylic acid groups (broad SMARTS) is 1. The number of aliphatic carboxylic acids is 1. The molecule has 3 aliphatic rings. The van der Waals surface area contributed by atoms with Crippen molar-refractivity contribution in [2.75, 3.05) is 25.2 Å². The second-order valence-electron chi connectivity index (χ2n) is 10.3. The van der Waals surface area contributed by atoms with E-state index in [0.29, 0.717) is 30.7 Å². The standard InChI is InChI=1S/C27H36N2O7/c1-6-14-28(17-8-10-18(35-5)11-9-17)24(32)22-27-13-12-26(7-2,36-27)21(25(33)34)20(27)23(31)29(22)19(15-30)16(3)4/h6,8-11,16,19-22,30H,1,7,12-15H2,2-5H3,(H,33,34)/t19-,20-,21+,22?,26-,27?/m0/s1. The molecular weight excluding hydrogens is 464 g/mol. The van der Waals surface area contributed by atoms with Crippen LogP contribution in [0.25, 0.3) is 0 Å². The molecule has 196 valence electrons. The van der Waals surface area contributed by atoms with Gasteiger partial charge in [0.2, 0.25) is 5.91 Å². The number of fused-ring (bicyclic) bond motifs is 1. The maximum absolute atomic E-state index is 14.4. The largest absolute Gasteiger partial charge is 0.497 e. The third-order valence-electron chi connectivity index (χ3n) is 8.39. The molecule has 2 amide bonds. The van der Waals surface area contributed by atoms with Gasteiger partial charge in [0.1, 0.15) is 23.3 Å². The molecule has 36 heavy (non-hydrogen) atoms. The Morgan fingerprint density at radius 1 is 1.31 bits per heavy atom. The number of aliphatic hydroxyl groups is 1. The fourth-order valence-corrected chi connectivity index (χ4v) is 6.65. The summed E-state index contributed by atoms with van der Waals surface area (Å²) in [5.41, 5.74) is -1.68. The highest BCUT2D eigenvalue weighted by Gasteiger charge is 2.79. The lowest BCUT2D eigenvalue weighted by Crippen LogP contribution is -2.60. The van der Waals surface area contributed by atoms with E-state index in [1.54, 1.807) is 37.5 Å². The molecule has 0 aliphatic carbocycles. The van der Waals surface area contributed by atoms with E-state index in [9.17, 15) is 24.6 Å². The first-order valence-corrected chi connectivity index (χ1v) is 12.5. The van der Waals surface area contributed by atoms with E-state index in [0.717, 1.165) is 0 Å². The van der Waals surface area contributed by atoms with Crippen LogP contribution >= 0.6 is 0 Å². The molecule has 4 rings (SSSR count). The van der Waals surface area contributed by atoms with Gasteiger partial charge in [0, 0.05) is 12.2 Å². The maximum Gasteiger partial charge on any atom is 0.310 e. The summed E-state index contributed by atoms with van der Waals surface area (Å²) in [5, 5.41) is 20.5. The van der Waals surface area contributed by atoms with E-state index >= 15 is 0 Å².